The normalized spacial score (nSPS) is 21.8. The molecule has 0 bridgehead atoms. The maximum Gasteiger partial charge on any atom is 0.246 e. The largest absolute Gasteiger partial charge is 0.457 e. The lowest BCUT2D eigenvalue weighted by molar-refractivity contribution is -0.154. The Morgan fingerprint density at radius 3 is 2.04 bits per heavy atom. The summed E-state index contributed by atoms with van der Waals surface area (Å²) in [6.45, 7) is 2.99. The van der Waals surface area contributed by atoms with Gasteiger partial charge < -0.3 is 15.0 Å². The maximum atomic E-state index is 14.0. The highest BCUT2D eigenvalue weighted by molar-refractivity contribution is 7.92. The van der Waals surface area contributed by atoms with Crippen molar-refractivity contribution in [1.82, 2.24) is 15.1 Å². The van der Waals surface area contributed by atoms with E-state index in [-0.39, 0.29) is 17.7 Å². The second-order valence-electron chi connectivity index (χ2n) is 13.5. The molecule has 3 aliphatic rings. The van der Waals surface area contributed by atoms with Crippen LogP contribution in [0.3, 0.4) is 0 Å². The molecule has 0 spiro atoms. The Morgan fingerprint density at radius 2 is 1.40 bits per heavy atom. The Kier molecular flexibility index (Phi) is 10.5. The molecule has 0 aromatic heterocycles. The minimum Gasteiger partial charge on any atom is -0.457 e. The summed E-state index contributed by atoms with van der Waals surface area (Å²) < 4.78 is 31.3. The number of nitrogens with one attached hydrogen (secondary N) is 2. The minimum absolute atomic E-state index is 0.0108. The fourth-order valence-corrected chi connectivity index (χ4v) is 7.99. The number of hydrogen-bond donors (Lipinski definition) is 2. The number of carbonyl (C=O) groups is 2. The van der Waals surface area contributed by atoms with Crippen LogP contribution in [0.2, 0.25) is 0 Å². The van der Waals surface area contributed by atoms with Crippen molar-refractivity contribution in [3.05, 3.63) is 90.0 Å². The average Bonchev–Trinajstić information content (AvgIpc) is 3.06. The van der Waals surface area contributed by atoms with Crippen LogP contribution >= 0.6 is 0 Å². The molecule has 0 radical (unpaired) electrons. The molecule has 10 heteroatoms. The zero-order chi connectivity index (χ0) is 32.8. The molecule has 3 aromatic carbocycles. The number of ether oxygens (including phenoxy) is 1. The van der Waals surface area contributed by atoms with E-state index in [0.29, 0.717) is 29.6 Å². The number of amides is 2. The van der Waals surface area contributed by atoms with E-state index in [1.807, 2.05) is 47.4 Å². The van der Waals surface area contributed by atoms with Crippen LogP contribution < -0.4 is 14.8 Å². The minimum atomic E-state index is -3.33. The summed E-state index contributed by atoms with van der Waals surface area (Å²) in [5.41, 5.74) is 2.71. The van der Waals surface area contributed by atoms with Gasteiger partial charge in [0.2, 0.25) is 21.8 Å². The van der Waals surface area contributed by atoms with Crippen molar-refractivity contribution >= 4 is 27.5 Å². The van der Waals surface area contributed by atoms with E-state index in [2.05, 4.69) is 27.1 Å². The summed E-state index contributed by atoms with van der Waals surface area (Å²) in [7, 11) is -3.33. The van der Waals surface area contributed by atoms with Crippen molar-refractivity contribution < 1.29 is 22.7 Å². The smallest absolute Gasteiger partial charge is 0.246 e. The molecule has 2 aliphatic heterocycles. The first-order valence-corrected chi connectivity index (χ1v) is 18.8. The first kappa shape index (κ1) is 33.0. The van der Waals surface area contributed by atoms with Gasteiger partial charge in [-0.3, -0.25) is 19.2 Å². The molecule has 2 N–H and O–H groups in total. The summed E-state index contributed by atoms with van der Waals surface area (Å²) in [5.74, 6) is 2.03. The van der Waals surface area contributed by atoms with Gasteiger partial charge in [0.15, 0.2) is 0 Å². The topological polar surface area (TPSA) is 108 Å². The molecule has 3 aromatic rings. The van der Waals surface area contributed by atoms with Gasteiger partial charge in [-0.1, -0.05) is 74.6 Å². The van der Waals surface area contributed by atoms with Crippen LogP contribution in [0.15, 0.2) is 78.9 Å². The number of hydrogen-bond acceptors (Lipinski definition) is 6. The van der Waals surface area contributed by atoms with Crippen molar-refractivity contribution in [1.29, 1.82) is 0 Å². The number of carbonyl (C=O) groups excluding carboxylic acids is 2. The molecule has 250 valence electrons. The Morgan fingerprint density at radius 1 is 0.787 bits per heavy atom. The average molecular weight is 659 g/mol. The van der Waals surface area contributed by atoms with Gasteiger partial charge in [-0.2, -0.15) is 0 Å². The lowest BCUT2D eigenvalue weighted by Crippen LogP contribution is -2.65. The molecule has 2 atom stereocenters. The van der Waals surface area contributed by atoms with Crippen molar-refractivity contribution in [2.45, 2.75) is 76.5 Å². The number of piperazine rings is 1. The van der Waals surface area contributed by atoms with Crippen LogP contribution in [0.25, 0.3) is 0 Å². The number of nitrogens with zero attached hydrogens (tertiary/aromatic N) is 2. The Hall–Kier alpha value is -3.89. The standard InChI is InChI=1S/C37H46N4O5S/c1-47(44,45)39-31-14-18-33(19-15-31)46-32-16-12-29(13-17-32)25-40-22-20-30(21-23-40)35-36(42)38-34(24-27-8-4-2-5-9-27)37(43)41(35)26-28-10-6-3-7-11-28/h3,6-7,10-19,27,30,34-35,39H,2,4-5,8-9,20-26H2,1H3,(H,38,42). The monoisotopic (exact) mass is 658 g/mol. The molecule has 2 heterocycles. The zero-order valence-corrected chi connectivity index (χ0v) is 28.0. The molecule has 9 nitrogen and oxygen atoms in total. The summed E-state index contributed by atoms with van der Waals surface area (Å²) in [4.78, 5) is 32.0. The molecule has 6 rings (SSSR count). The Labute approximate surface area is 278 Å². The van der Waals surface area contributed by atoms with E-state index < -0.39 is 22.1 Å². The van der Waals surface area contributed by atoms with E-state index in [9.17, 15) is 18.0 Å². The van der Waals surface area contributed by atoms with Crippen molar-refractivity contribution in [2.75, 3.05) is 24.1 Å². The van der Waals surface area contributed by atoms with Crippen molar-refractivity contribution in [3.63, 3.8) is 0 Å². The lowest BCUT2D eigenvalue weighted by Gasteiger charge is -2.45. The quantitative estimate of drug-likeness (QED) is 0.265. The van der Waals surface area contributed by atoms with Crippen molar-refractivity contribution in [3.8, 4) is 11.5 Å². The van der Waals surface area contributed by atoms with Gasteiger partial charge in [0.25, 0.3) is 0 Å². The molecule has 1 saturated carbocycles. The van der Waals surface area contributed by atoms with Crippen LogP contribution in [0, 0.1) is 11.8 Å². The molecule has 2 amide bonds. The van der Waals surface area contributed by atoms with Crippen LogP contribution in [-0.2, 0) is 32.7 Å². The van der Waals surface area contributed by atoms with Crippen LogP contribution in [-0.4, -0.2) is 61.5 Å². The number of sulfonamides is 1. The fraction of sp³-hybridized carbons (Fsp3) is 0.459. The fourth-order valence-electron chi connectivity index (χ4n) is 7.43. The first-order valence-electron chi connectivity index (χ1n) is 16.9. The van der Waals surface area contributed by atoms with Gasteiger partial charge in [0, 0.05) is 18.8 Å². The number of likely N-dealkylation sites (tertiary alicyclic amines) is 1. The molecular weight excluding hydrogens is 612 g/mol. The molecule has 3 fully saturated rings. The predicted molar refractivity (Wildman–Crippen MR) is 183 cm³/mol. The number of piperidine rings is 1. The lowest BCUT2D eigenvalue weighted by atomic mass is 9.82. The Bertz CT molecular complexity index is 1600. The highest BCUT2D eigenvalue weighted by Gasteiger charge is 2.45. The number of rotatable bonds is 11. The summed E-state index contributed by atoms with van der Waals surface area (Å²) in [5, 5.41) is 3.18. The van der Waals surface area contributed by atoms with E-state index in [1.165, 1.54) is 24.8 Å². The summed E-state index contributed by atoms with van der Waals surface area (Å²) >= 11 is 0. The molecule has 2 saturated heterocycles. The van der Waals surface area contributed by atoms with Crippen LogP contribution in [0.5, 0.6) is 11.5 Å². The molecule has 2 unspecified atom stereocenters. The van der Waals surface area contributed by atoms with Gasteiger partial charge in [0.1, 0.15) is 23.6 Å². The molecule has 47 heavy (non-hydrogen) atoms. The van der Waals surface area contributed by atoms with E-state index in [1.54, 1.807) is 24.3 Å². The molecule has 1 aliphatic carbocycles. The van der Waals surface area contributed by atoms with Crippen LogP contribution in [0.1, 0.15) is 62.5 Å². The third-order valence-corrected chi connectivity index (χ3v) is 10.4. The molecular formula is C37H46N4O5S. The van der Waals surface area contributed by atoms with Gasteiger partial charge in [0.05, 0.1) is 6.26 Å². The Balaban J connectivity index is 1.05. The van der Waals surface area contributed by atoms with E-state index in [4.69, 9.17) is 4.74 Å². The third-order valence-electron chi connectivity index (χ3n) is 9.79. The first-order chi connectivity index (χ1) is 22.7. The SMILES string of the molecule is CS(=O)(=O)Nc1ccc(Oc2ccc(CN3CCC(C4C(=O)NC(CC5CCCCC5)C(=O)N4Cc4ccccc4)CC3)cc2)cc1. The zero-order valence-electron chi connectivity index (χ0n) is 27.1. The third kappa shape index (κ3) is 8.93. The van der Waals surface area contributed by atoms with Gasteiger partial charge >= 0.3 is 0 Å². The second kappa shape index (κ2) is 14.9. The van der Waals surface area contributed by atoms with E-state index >= 15 is 0 Å². The van der Waals surface area contributed by atoms with Crippen LogP contribution in [0.4, 0.5) is 5.69 Å². The summed E-state index contributed by atoms with van der Waals surface area (Å²) in [6.07, 6.45) is 9.58. The second-order valence-corrected chi connectivity index (χ2v) is 15.2. The highest BCUT2D eigenvalue weighted by Crippen LogP contribution is 2.33. The number of benzene rings is 3. The number of anilines is 1. The summed E-state index contributed by atoms with van der Waals surface area (Å²) in [6, 6.07) is 24.0. The van der Waals surface area contributed by atoms with Gasteiger partial charge in [-0.05, 0) is 91.7 Å². The van der Waals surface area contributed by atoms with Gasteiger partial charge in [-0.15, -0.1) is 0 Å². The van der Waals surface area contributed by atoms with Gasteiger partial charge in [-0.25, -0.2) is 8.42 Å². The van der Waals surface area contributed by atoms with Crippen molar-refractivity contribution in [2.24, 2.45) is 11.8 Å². The maximum absolute atomic E-state index is 14.0. The van der Waals surface area contributed by atoms with E-state index in [0.717, 1.165) is 63.6 Å². The predicted octanol–water partition coefficient (Wildman–Crippen LogP) is 5.93. The highest BCUT2D eigenvalue weighted by atomic mass is 32.2.